The molecule has 0 amide bonds. The van der Waals surface area contributed by atoms with E-state index in [2.05, 4.69) is 10.2 Å². The summed E-state index contributed by atoms with van der Waals surface area (Å²) in [4.78, 5) is 0. The molecule has 1 fully saturated rings. The molecular formula is C7H12ClN3. The van der Waals surface area contributed by atoms with Crippen LogP contribution in [-0.4, -0.2) is 10.2 Å². The lowest BCUT2D eigenvalue weighted by molar-refractivity contribution is 0.960. The molecular weight excluding hydrogens is 162 g/mol. The van der Waals surface area contributed by atoms with Crippen LogP contribution in [0.2, 0.25) is 0 Å². The SMILES string of the molecule is Cc1c(N)n[nH]c1C1CC1.Cl. The molecule has 0 atom stereocenters. The Morgan fingerprint density at radius 3 is 2.55 bits per heavy atom. The molecule has 0 saturated heterocycles. The van der Waals surface area contributed by atoms with Gasteiger partial charge in [0.2, 0.25) is 0 Å². The molecule has 1 aliphatic rings. The van der Waals surface area contributed by atoms with Crippen molar-refractivity contribution in [1.82, 2.24) is 10.2 Å². The largest absolute Gasteiger partial charge is 0.382 e. The van der Waals surface area contributed by atoms with Gasteiger partial charge in [-0.1, -0.05) is 0 Å². The van der Waals surface area contributed by atoms with Crippen LogP contribution in [0.25, 0.3) is 0 Å². The maximum absolute atomic E-state index is 5.56. The third kappa shape index (κ3) is 1.33. The summed E-state index contributed by atoms with van der Waals surface area (Å²) in [6.45, 7) is 2.02. The quantitative estimate of drug-likeness (QED) is 0.678. The summed E-state index contributed by atoms with van der Waals surface area (Å²) in [6.07, 6.45) is 2.59. The Morgan fingerprint density at radius 1 is 1.55 bits per heavy atom. The highest BCUT2D eigenvalue weighted by Gasteiger charge is 2.27. The van der Waals surface area contributed by atoms with Crippen molar-refractivity contribution in [1.29, 1.82) is 0 Å². The van der Waals surface area contributed by atoms with Gasteiger partial charge in [-0.15, -0.1) is 12.4 Å². The highest BCUT2D eigenvalue weighted by molar-refractivity contribution is 5.85. The van der Waals surface area contributed by atoms with Crippen LogP contribution in [0.4, 0.5) is 5.82 Å². The number of hydrogen-bond donors (Lipinski definition) is 2. The number of rotatable bonds is 1. The minimum absolute atomic E-state index is 0. The standard InChI is InChI=1S/C7H11N3.ClH/c1-4-6(5-2-3-5)9-10-7(4)8;/h5H,2-3H2,1H3,(H3,8,9,10);1H. The maximum Gasteiger partial charge on any atom is 0.148 e. The molecule has 0 aromatic carbocycles. The van der Waals surface area contributed by atoms with Gasteiger partial charge in [0.1, 0.15) is 5.82 Å². The number of hydrogen-bond acceptors (Lipinski definition) is 2. The first-order valence-corrected chi connectivity index (χ1v) is 3.59. The van der Waals surface area contributed by atoms with Crippen molar-refractivity contribution in [2.24, 2.45) is 0 Å². The summed E-state index contributed by atoms with van der Waals surface area (Å²) in [5.41, 5.74) is 7.95. The van der Waals surface area contributed by atoms with E-state index in [1.807, 2.05) is 6.92 Å². The van der Waals surface area contributed by atoms with Crippen molar-refractivity contribution in [3.05, 3.63) is 11.3 Å². The van der Waals surface area contributed by atoms with Gasteiger partial charge in [-0.3, -0.25) is 5.10 Å². The smallest absolute Gasteiger partial charge is 0.148 e. The van der Waals surface area contributed by atoms with Gasteiger partial charge in [0.15, 0.2) is 0 Å². The van der Waals surface area contributed by atoms with E-state index in [1.165, 1.54) is 18.5 Å². The number of nitrogens with one attached hydrogen (secondary N) is 1. The molecule has 1 aliphatic carbocycles. The predicted molar refractivity (Wildman–Crippen MR) is 47.0 cm³/mol. The second-order valence-corrected chi connectivity index (χ2v) is 2.92. The zero-order valence-electron chi connectivity index (χ0n) is 6.42. The molecule has 3 nitrogen and oxygen atoms in total. The first-order chi connectivity index (χ1) is 4.79. The van der Waals surface area contributed by atoms with Crippen LogP contribution in [0, 0.1) is 6.92 Å². The highest BCUT2D eigenvalue weighted by atomic mass is 35.5. The van der Waals surface area contributed by atoms with Gasteiger partial charge in [-0.2, -0.15) is 5.10 Å². The minimum atomic E-state index is 0. The van der Waals surface area contributed by atoms with Crippen molar-refractivity contribution in [3.8, 4) is 0 Å². The van der Waals surface area contributed by atoms with Crippen LogP contribution < -0.4 is 5.73 Å². The number of aromatic nitrogens is 2. The molecule has 0 spiro atoms. The predicted octanol–water partition coefficient (Wildman–Crippen LogP) is 1.60. The minimum Gasteiger partial charge on any atom is -0.382 e. The monoisotopic (exact) mass is 173 g/mol. The van der Waals surface area contributed by atoms with Crippen LogP contribution in [0.15, 0.2) is 0 Å². The number of halogens is 1. The van der Waals surface area contributed by atoms with Crippen LogP contribution in [0.5, 0.6) is 0 Å². The Balaban J connectivity index is 0.000000605. The Labute approximate surface area is 71.8 Å². The fourth-order valence-electron chi connectivity index (χ4n) is 1.20. The van der Waals surface area contributed by atoms with Crippen molar-refractivity contribution in [2.45, 2.75) is 25.7 Å². The first-order valence-electron chi connectivity index (χ1n) is 3.59. The van der Waals surface area contributed by atoms with E-state index in [4.69, 9.17) is 5.73 Å². The summed E-state index contributed by atoms with van der Waals surface area (Å²) in [5, 5.41) is 6.89. The molecule has 62 valence electrons. The summed E-state index contributed by atoms with van der Waals surface area (Å²) >= 11 is 0. The van der Waals surface area contributed by atoms with Gasteiger partial charge in [0.25, 0.3) is 0 Å². The normalized spacial score (nSPS) is 16.1. The zero-order chi connectivity index (χ0) is 7.14. The molecule has 1 aromatic rings. The third-order valence-electron chi connectivity index (χ3n) is 2.07. The molecule has 1 heterocycles. The Morgan fingerprint density at radius 2 is 2.18 bits per heavy atom. The Bertz CT molecular complexity index is 252. The van der Waals surface area contributed by atoms with Gasteiger partial charge in [-0.25, -0.2) is 0 Å². The van der Waals surface area contributed by atoms with E-state index in [1.54, 1.807) is 0 Å². The van der Waals surface area contributed by atoms with Crippen LogP contribution in [-0.2, 0) is 0 Å². The molecule has 11 heavy (non-hydrogen) atoms. The van der Waals surface area contributed by atoms with Crippen molar-refractivity contribution >= 4 is 18.2 Å². The molecule has 0 unspecified atom stereocenters. The molecule has 0 aliphatic heterocycles. The molecule has 3 N–H and O–H groups in total. The van der Waals surface area contributed by atoms with Gasteiger partial charge in [0, 0.05) is 17.2 Å². The van der Waals surface area contributed by atoms with Crippen molar-refractivity contribution < 1.29 is 0 Å². The van der Waals surface area contributed by atoms with Gasteiger partial charge in [-0.05, 0) is 19.8 Å². The molecule has 4 heteroatoms. The lowest BCUT2D eigenvalue weighted by Gasteiger charge is -1.91. The number of nitrogens with zero attached hydrogens (tertiary/aromatic N) is 1. The number of anilines is 1. The van der Waals surface area contributed by atoms with E-state index < -0.39 is 0 Å². The highest BCUT2D eigenvalue weighted by Crippen LogP contribution is 2.41. The Hall–Kier alpha value is -0.700. The second kappa shape index (κ2) is 2.74. The van der Waals surface area contributed by atoms with Crippen molar-refractivity contribution in [2.75, 3.05) is 5.73 Å². The maximum atomic E-state index is 5.56. The number of nitrogens with two attached hydrogens (primary N) is 1. The number of nitrogen functional groups attached to an aromatic ring is 1. The van der Waals surface area contributed by atoms with Crippen LogP contribution in [0.3, 0.4) is 0 Å². The average Bonchev–Trinajstić information content (AvgIpc) is 2.67. The lowest BCUT2D eigenvalue weighted by Crippen LogP contribution is -1.86. The molecule has 2 rings (SSSR count). The van der Waals surface area contributed by atoms with E-state index >= 15 is 0 Å². The third-order valence-corrected chi connectivity index (χ3v) is 2.07. The lowest BCUT2D eigenvalue weighted by atomic mass is 10.2. The second-order valence-electron chi connectivity index (χ2n) is 2.92. The summed E-state index contributed by atoms with van der Waals surface area (Å²) in [7, 11) is 0. The van der Waals surface area contributed by atoms with Gasteiger partial charge in [0.05, 0.1) is 0 Å². The fraction of sp³-hybridized carbons (Fsp3) is 0.571. The zero-order valence-corrected chi connectivity index (χ0v) is 7.24. The number of aromatic amines is 1. The fourth-order valence-corrected chi connectivity index (χ4v) is 1.20. The molecule has 1 aromatic heterocycles. The number of H-pyrrole nitrogens is 1. The summed E-state index contributed by atoms with van der Waals surface area (Å²) < 4.78 is 0. The van der Waals surface area contributed by atoms with Gasteiger partial charge >= 0.3 is 0 Å². The summed E-state index contributed by atoms with van der Waals surface area (Å²) in [5.74, 6) is 1.38. The van der Waals surface area contributed by atoms with Crippen molar-refractivity contribution in [3.63, 3.8) is 0 Å². The van der Waals surface area contributed by atoms with Crippen LogP contribution >= 0.6 is 12.4 Å². The Kier molecular flexibility index (Phi) is 2.09. The molecule has 0 radical (unpaired) electrons. The summed E-state index contributed by atoms with van der Waals surface area (Å²) in [6, 6.07) is 0. The van der Waals surface area contributed by atoms with E-state index in [-0.39, 0.29) is 12.4 Å². The molecule has 1 saturated carbocycles. The van der Waals surface area contributed by atoms with E-state index in [0.29, 0.717) is 5.82 Å². The van der Waals surface area contributed by atoms with Gasteiger partial charge < -0.3 is 5.73 Å². The van der Waals surface area contributed by atoms with E-state index in [9.17, 15) is 0 Å². The average molecular weight is 174 g/mol. The van der Waals surface area contributed by atoms with Crippen LogP contribution in [0.1, 0.15) is 30.0 Å². The first kappa shape index (κ1) is 8.40. The topological polar surface area (TPSA) is 54.7 Å². The molecule has 0 bridgehead atoms. The van der Waals surface area contributed by atoms with E-state index in [0.717, 1.165) is 11.5 Å².